The van der Waals surface area contributed by atoms with Crippen molar-refractivity contribution >= 4 is 11.3 Å². The van der Waals surface area contributed by atoms with Crippen LogP contribution in [0.5, 0.6) is 0 Å². The lowest BCUT2D eigenvalue weighted by Gasteiger charge is -2.04. The standard InChI is InChI=1S/C15H13FN2S/c1-10-3-4-11(2)18(10)15-17-14(9-19-15)12-5-7-13(16)8-6-12/h3-9H,1-2H3. The Morgan fingerprint density at radius 1 is 1.00 bits per heavy atom. The van der Waals surface area contributed by atoms with Crippen LogP contribution in [0.15, 0.2) is 41.8 Å². The van der Waals surface area contributed by atoms with Crippen LogP contribution in [0, 0.1) is 19.7 Å². The van der Waals surface area contributed by atoms with Gasteiger partial charge in [-0.1, -0.05) is 0 Å². The first-order valence-electron chi connectivity index (χ1n) is 6.02. The fraction of sp³-hybridized carbons (Fsp3) is 0.133. The predicted molar refractivity (Wildman–Crippen MR) is 76.3 cm³/mol. The molecule has 3 aromatic rings. The lowest BCUT2D eigenvalue weighted by Crippen LogP contribution is -1.97. The average Bonchev–Trinajstić information content (AvgIpc) is 2.98. The van der Waals surface area contributed by atoms with Crippen LogP contribution in [0.4, 0.5) is 4.39 Å². The number of hydrogen-bond acceptors (Lipinski definition) is 2. The summed E-state index contributed by atoms with van der Waals surface area (Å²) in [4.78, 5) is 4.63. The van der Waals surface area contributed by atoms with Gasteiger partial charge >= 0.3 is 0 Å². The summed E-state index contributed by atoms with van der Waals surface area (Å²) in [5, 5.41) is 2.95. The summed E-state index contributed by atoms with van der Waals surface area (Å²) in [5.41, 5.74) is 4.15. The van der Waals surface area contributed by atoms with Crippen molar-refractivity contribution < 1.29 is 4.39 Å². The summed E-state index contributed by atoms with van der Waals surface area (Å²) in [6.45, 7) is 4.12. The summed E-state index contributed by atoms with van der Waals surface area (Å²) in [7, 11) is 0. The summed E-state index contributed by atoms with van der Waals surface area (Å²) in [6.07, 6.45) is 0. The molecule has 0 radical (unpaired) electrons. The van der Waals surface area contributed by atoms with Crippen LogP contribution >= 0.6 is 11.3 Å². The maximum absolute atomic E-state index is 12.9. The SMILES string of the molecule is Cc1ccc(C)n1-c1nc(-c2ccc(F)cc2)cs1. The Bertz CT molecular complexity index is 691. The molecule has 0 spiro atoms. The van der Waals surface area contributed by atoms with Crippen LogP contribution in [0.1, 0.15) is 11.4 Å². The quantitative estimate of drug-likeness (QED) is 0.678. The summed E-state index contributed by atoms with van der Waals surface area (Å²) in [6, 6.07) is 10.6. The number of thiazole rings is 1. The molecule has 0 aliphatic carbocycles. The number of hydrogen-bond donors (Lipinski definition) is 0. The van der Waals surface area contributed by atoms with E-state index in [1.807, 2.05) is 5.38 Å². The molecule has 0 unspecified atom stereocenters. The molecule has 3 rings (SSSR count). The molecule has 0 atom stereocenters. The Balaban J connectivity index is 2.02. The van der Waals surface area contributed by atoms with Crippen molar-refractivity contribution in [2.75, 3.05) is 0 Å². The Morgan fingerprint density at radius 3 is 2.26 bits per heavy atom. The molecule has 0 fully saturated rings. The van der Waals surface area contributed by atoms with E-state index >= 15 is 0 Å². The van der Waals surface area contributed by atoms with Crippen LogP contribution < -0.4 is 0 Å². The zero-order valence-corrected chi connectivity index (χ0v) is 11.5. The van der Waals surface area contributed by atoms with Gasteiger partial charge in [0, 0.05) is 22.3 Å². The van der Waals surface area contributed by atoms with Crippen molar-refractivity contribution in [3.8, 4) is 16.4 Å². The fourth-order valence-electron chi connectivity index (χ4n) is 2.09. The smallest absolute Gasteiger partial charge is 0.194 e. The molecule has 1 aromatic carbocycles. The highest BCUT2D eigenvalue weighted by Crippen LogP contribution is 2.26. The van der Waals surface area contributed by atoms with Crippen molar-refractivity contribution in [3.63, 3.8) is 0 Å². The molecule has 0 aliphatic rings. The third-order valence-corrected chi connectivity index (χ3v) is 3.92. The molecule has 19 heavy (non-hydrogen) atoms. The minimum Gasteiger partial charge on any atom is -0.295 e. The van der Waals surface area contributed by atoms with Crippen LogP contribution in [-0.2, 0) is 0 Å². The zero-order valence-electron chi connectivity index (χ0n) is 10.7. The molecule has 2 nitrogen and oxygen atoms in total. The van der Waals surface area contributed by atoms with E-state index < -0.39 is 0 Å². The second-order valence-corrected chi connectivity index (χ2v) is 5.31. The van der Waals surface area contributed by atoms with Crippen molar-refractivity contribution in [1.82, 2.24) is 9.55 Å². The molecular weight excluding hydrogens is 259 g/mol. The number of aryl methyl sites for hydroxylation is 2. The van der Waals surface area contributed by atoms with Gasteiger partial charge in [0.2, 0.25) is 0 Å². The molecule has 0 N–H and O–H groups in total. The van der Waals surface area contributed by atoms with Crippen molar-refractivity contribution in [3.05, 3.63) is 59.0 Å². The molecular formula is C15H13FN2S. The van der Waals surface area contributed by atoms with Gasteiger partial charge in [-0.25, -0.2) is 9.37 Å². The second kappa shape index (κ2) is 4.63. The summed E-state index contributed by atoms with van der Waals surface area (Å²) >= 11 is 1.59. The van der Waals surface area contributed by atoms with Gasteiger partial charge < -0.3 is 0 Å². The van der Waals surface area contributed by atoms with E-state index in [1.165, 1.54) is 12.1 Å². The van der Waals surface area contributed by atoms with Gasteiger partial charge in [-0.15, -0.1) is 11.3 Å². The third-order valence-electron chi connectivity index (χ3n) is 3.09. The highest BCUT2D eigenvalue weighted by Gasteiger charge is 2.09. The molecule has 96 valence electrons. The lowest BCUT2D eigenvalue weighted by atomic mass is 10.2. The van der Waals surface area contributed by atoms with E-state index in [0.29, 0.717) is 0 Å². The number of halogens is 1. The Labute approximate surface area is 115 Å². The van der Waals surface area contributed by atoms with Crippen LogP contribution in [0.2, 0.25) is 0 Å². The normalized spacial score (nSPS) is 10.9. The highest BCUT2D eigenvalue weighted by molar-refractivity contribution is 7.12. The molecule has 4 heteroatoms. The zero-order chi connectivity index (χ0) is 13.4. The number of aromatic nitrogens is 2. The van der Waals surface area contributed by atoms with E-state index in [9.17, 15) is 4.39 Å². The molecule has 0 saturated heterocycles. The number of nitrogens with zero attached hydrogens (tertiary/aromatic N) is 2. The van der Waals surface area contributed by atoms with Crippen molar-refractivity contribution in [2.45, 2.75) is 13.8 Å². The first kappa shape index (κ1) is 12.1. The first-order chi connectivity index (χ1) is 9.15. The van der Waals surface area contributed by atoms with Gasteiger partial charge in [0.05, 0.1) is 5.69 Å². The van der Waals surface area contributed by atoms with Crippen molar-refractivity contribution in [1.29, 1.82) is 0 Å². The van der Waals surface area contributed by atoms with E-state index in [1.54, 1.807) is 23.5 Å². The maximum Gasteiger partial charge on any atom is 0.194 e. The van der Waals surface area contributed by atoms with Gasteiger partial charge in [-0.05, 0) is 50.2 Å². The first-order valence-corrected chi connectivity index (χ1v) is 6.90. The second-order valence-electron chi connectivity index (χ2n) is 4.47. The van der Waals surface area contributed by atoms with Gasteiger partial charge in [-0.3, -0.25) is 4.57 Å². The van der Waals surface area contributed by atoms with E-state index in [0.717, 1.165) is 27.8 Å². The van der Waals surface area contributed by atoms with E-state index in [4.69, 9.17) is 0 Å². The van der Waals surface area contributed by atoms with Gasteiger partial charge in [0.15, 0.2) is 5.13 Å². The third kappa shape index (κ3) is 2.19. The number of rotatable bonds is 2. The van der Waals surface area contributed by atoms with Crippen LogP contribution in [-0.4, -0.2) is 9.55 Å². The average molecular weight is 272 g/mol. The molecule has 0 bridgehead atoms. The molecule has 2 aromatic heterocycles. The topological polar surface area (TPSA) is 17.8 Å². The maximum atomic E-state index is 12.9. The number of benzene rings is 1. The van der Waals surface area contributed by atoms with Crippen LogP contribution in [0.3, 0.4) is 0 Å². The molecule has 0 amide bonds. The highest BCUT2D eigenvalue weighted by atomic mass is 32.1. The summed E-state index contributed by atoms with van der Waals surface area (Å²) < 4.78 is 15.0. The lowest BCUT2D eigenvalue weighted by molar-refractivity contribution is 0.628. The van der Waals surface area contributed by atoms with Gasteiger partial charge in [0.25, 0.3) is 0 Å². The minimum absolute atomic E-state index is 0.226. The summed E-state index contributed by atoms with van der Waals surface area (Å²) in [5.74, 6) is -0.226. The van der Waals surface area contributed by atoms with Crippen LogP contribution in [0.25, 0.3) is 16.4 Å². The fourth-order valence-corrected chi connectivity index (χ4v) is 3.04. The monoisotopic (exact) mass is 272 g/mol. The molecule has 0 saturated carbocycles. The predicted octanol–water partition coefficient (Wildman–Crippen LogP) is 4.36. The van der Waals surface area contributed by atoms with Crippen molar-refractivity contribution in [2.24, 2.45) is 0 Å². The largest absolute Gasteiger partial charge is 0.295 e. The Kier molecular flexibility index (Phi) is 2.95. The minimum atomic E-state index is -0.226. The Morgan fingerprint density at radius 2 is 1.63 bits per heavy atom. The molecule has 0 aliphatic heterocycles. The van der Waals surface area contributed by atoms with E-state index in [-0.39, 0.29) is 5.82 Å². The van der Waals surface area contributed by atoms with Gasteiger partial charge in [0.1, 0.15) is 5.82 Å². The Hall–Kier alpha value is -1.94. The van der Waals surface area contributed by atoms with E-state index in [2.05, 4.69) is 35.5 Å². The van der Waals surface area contributed by atoms with Gasteiger partial charge in [-0.2, -0.15) is 0 Å². The molecule has 2 heterocycles.